The molecule has 0 unspecified atom stereocenters. The first-order valence-corrected chi connectivity index (χ1v) is 6.59. The average Bonchev–Trinajstić information content (AvgIpc) is 2.54. The van der Waals surface area contributed by atoms with Gasteiger partial charge >= 0.3 is 12.1 Å². The Morgan fingerprint density at radius 2 is 1.86 bits per heavy atom. The quantitative estimate of drug-likeness (QED) is 0.845. The number of aromatic nitrogens is 2. The van der Waals surface area contributed by atoms with Gasteiger partial charge in [0.2, 0.25) is 0 Å². The fraction of sp³-hybridized carbons (Fsp3) is 0.200. The Bertz CT molecular complexity index is 619. The van der Waals surface area contributed by atoms with Crippen LogP contribution in [0.4, 0.5) is 4.79 Å². The van der Waals surface area contributed by atoms with Gasteiger partial charge < -0.3 is 15.2 Å². The highest BCUT2D eigenvalue weighted by atomic mass is 16.5. The Morgan fingerprint density at radius 3 is 2.50 bits per heavy atom. The van der Waals surface area contributed by atoms with E-state index in [0.717, 1.165) is 5.56 Å². The van der Waals surface area contributed by atoms with Crippen molar-refractivity contribution in [3.05, 3.63) is 60.2 Å². The molecule has 0 saturated heterocycles. The highest BCUT2D eigenvalue weighted by molar-refractivity contribution is 5.71. The van der Waals surface area contributed by atoms with Crippen LogP contribution in [0.5, 0.6) is 0 Å². The van der Waals surface area contributed by atoms with Gasteiger partial charge in [0.15, 0.2) is 0 Å². The summed E-state index contributed by atoms with van der Waals surface area (Å²) in [4.78, 5) is 30.4. The first-order valence-electron chi connectivity index (χ1n) is 6.59. The SMILES string of the molecule is O=C(O)C[C@@H](NC(=O)OCc1ccccc1)c1cncnc1. The second-order valence-corrected chi connectivity index (χ2v) is 4.53. The molecule has 0 aliphatic heterocycles. The molecule has 0 spiro atoms. The Balaban J connectivity index is 1.95. The van der Waals surface area contributed by atoms with Gasteiger partial charge in [-0.3, -0.25) is 4.79 Å². The van der Waals surface area contributed by atoms with Crippen molar-refractivity contribution in [2.45, 2.75) is 19.1 Å². The third-order valence-corrected chi connectivity index (χ3v) is 2.87. The number of hydrogen-bond donors (Lipinski definition) is 2. The lowest BCUT2D eigenvalue weighted by atomic mass is 10.1. The number of benzene rings is 1. The smallest absolute Gasteiger partial charge is 0.407 e. The van der Waals surface area contributed by atoms with Crippen molar-refractivity contribution >= 4 is 12.1 Å². The van der Waals surface area contributed by atoms with E-state index in [9.17, 15) is 9.59 Å². The summed E-state index contributed by atoms with van der Waals surface area (Å²) in [6, 6.07) is 8.44. The molecule has 2 N–H and O–H groups in total. The van der Waals surface area contributed by atoms with E-state index in [1.165, 1.54) is 18.7 Å². The number of carbonyl (C=O) groups is 2. The monoisotopic (exact) mass is 301 g/mol. The number of carboxylic acid groups (broad SMARTS) is 1. The maximum Gasteiger partial charge on any atom is 0.407 e. The second-order valence-electron chi connectivity index (χ2n) is 4.53. The van der Waals surface area contributed by atoms with Crippen molar-refractivity contribution in [2.24, 2.45) is 0 Å². The maximum atomic E-state index is 11.8. The molecule has 0 saturated carbocycles. The van der Waals surface area contributed by atoms with Crippen LogP contribution in [0.2, 0.25) is 0 Å². The van der Waals surface area contributed by atoms with Crippen molar-refractivity contribution in [1.29, 1.82) is 0 Å². The van der Waals surface area contributed by atoms with Crippen LogP contribution in [-0.4, -0.2) is 27.1 Å². The van der Waals surface area contributed by atoms with E-state index in [1.807, 2.05) is 30.3 Å². The minimum atomic E-state index is -1.04. The second kappa shape index (κ2) is 7.72. The Kier molecular flexibility index (Phi) is 5.42. The van der Waals surface area contributed by atoms with E-state index < -0.39 is 18.1 Å². The van der Waals surface area contributed by atoms with Gasteiger partial charge in [0, 0.05) is 18.0 Å². The van der Waals surface area contributed by atoms with Gasteiger partial charge in [-0.05, 0) is 5.56 Å². The number of carboxylic acids is 1. The molecule has 7 nitrogen and oxygen atoms in total. The predicted molar refractivity (Wildman–Crippen MR) is 76.8 cm³/mol. The van der Waals surface area contributed by atoms with Crippen LogP contribution in [0.1, 0.15) is 23.6 Å². The number of ether oxygens (including phenoxy) is 1. The molecule has 1 aromatic carbocycles. The number of alkyl carbamates (subject to hydrolysis) is 1. The van der Waals surface area contributed by atoms with E-state index in [-0.39, 0.29) is 13.0 Å². The van der Waals surface area contributed by atoms with Gasteiger partial charge in [0.1, 0.15) is 12.9 Å². The molecule has 1 atom stereocenters. The van der Waals surface area contributed by atoms with Gasteiger partial charge in [-0.25, -0.2) is 14.8 Å². The van der Waals surface area contributed by atoms with Crippen molar-refractivity contribution < 1.29 is 19.4 Å². The Labute approximate surface area is 127 Å². The van der Waals surface area contributed by atoms with Crippen LogP contribution in [0, 0.1) is 0 Å². The summed E-state index contributed by atoms with van der Waals surface area (Å²) in [5.41, 5.74) is 1.34. The third kappa shape index (κ3) is 4.86. The molecule has 0 radical (unpaired) electrons. The van der Waals surface area contributed by atoms with E-state index in [2.05, 4.69) is 15.3 Å². The molecular weight excluding hydrogens is 286 g/mol. The number of amides is 1. The van der Waals surface area contributed by atoms with Gasteiger partial charge in [-0.2, -0.15) is 0 Å². The number of nitrogens with one attached hydrogen (secondary N) is 1. The maximum absolute atomic E-state index is 11.8. The number of hydrogen-bond acceptors (Lipinski definition) is 5. The van der Waals surface area contributed by atoms with Crippen LogP contribution in [0.25, 0.3) is 0 Å². The standard InChI is InChI=1S/C15H15N3O4/c19-14(20)6-13(12-7-16-10-17-8-12)18-15(21)22-9-11-4-2-1-3-5-11/h1-5,7-8,10,13H,6,9H2,(H,18,21)(H,19,20)/t13-/m1/s1. The normalized spacial score (nSPS) is 11.5. The van der Waals surface area contributed by atoms with Crippen LogP contribution in [-0.2, 0) is 16.1 Å². The fourth-order valence-electron chi connectivity index (χ4n) is 1.82. The third-order valence-electron chi connectivity index (χ3n) is 2.87. The summed E-state index contributed by atoms with van der Waals surface area (Å²) in [6.07, 6.45) is 3.26. The average molecular weight is 301 g/mol. The predicted octanol–water partition coefficient (Wildman–Crippen LogP) is 1.92. The summed E-state index contributed by atoms with van der Waals surface area (Å²) >= 11 is 0. The fourth-order valence-corrected chi connectivity index (χ4v) is 1.82. The minimum Gasteiger partial charge on any atom is -0.481 e. The molecule has 2 rings (SSSR count). The minimum absolute atomic E-state index is 0.109. The number of carbonyl (C=O) groups excluding carboxylic acids is 1. The summed E-state index contributed by atoms with van der Waals surface area (Å²) in [7, 11) is 0. The molecule has 0 fully saturated rings. The summed E-state index contributed by atoms with van der Waals surface area (Å²) in [5, 5.41) is 11.4. The molecular formula is C15H15N3O4. The molecule has 1 heterocycles. The molecule has 2 aromatic rings. The van der Waals surface area contributed by atoms with Crippen molar-refractivity contribution in [3.8, 4) is 0 Å². The first-order chi connectivity index (χ1) is 10.6. The van der Waals surface area contributed by atoms with E-state index in [4.69, 9.17) is 9.84 Å². The zero-order valence-electron chi connectivity index (χ0n) is 11.7. The van der Waals surface area contributed by atoms with Crippen LogP contribution >= 0.6 is 0 Å². The molecule has 1 aromatic heterocycles. The topological polar surface area (TPSA) is 101 Å². The number of nitrogens with zero attached hydrogens (tertiary/aromatic N) is 2. The molecule has 0 aliphatic rings. The summed E-state index contributed by atoms with van der Waals surface area (Å²) in [5.74, 6) is -1.04. The van der Waals surface area contributed by atoms with Crippen LogP contribution in [0.15, 0.2) is 49.1 Å². The van der Waals surface area contributed by atoms with Crippen molar-refractivity contribution in [3.63, 3.8) is 0 Å². The van der Waals surface area contributed by atoms with Gasteiger partial charge in [-0.15, -0.1) is 0 Å². The largest absolute Gasteiger partial charge is 0.481 e. The molecule has 0 bridgehead atoms. The van der Waals surface area contributed by atoms with Crippen LogP contribution < -0.4 is 5.32 Å². The zero-order chi connectivity index (χ0) is 15.8. The first kappa shape index (κ1) is 15.4. The molecule has 7 heteroatoms. The summed E-state index contributed by atoms with van der Waals surface area (Å²) in [6.45, 7) is 0.109. The molecule has 114 valence electrons. The van der Waals surface area contributed by atoms with Gasteiger partial charge in [0.25, 0.3) is 0 Å². The lowest BCUT2D eigenvalue weighted by molar-refractivity contribution is -0.137. The van der Waals surface area contributed by atoms with Gasteiger partial charge in [0.05, 0.1) is 12.5 Å². The molecule has 1 amide bonds. The number of aliphatic carboxylic acids is 1. The van der Waals surface area contributed by atoms with E-state index in [1.54, 1.807) is 0 Å². The highest BCUT2D eigenvalue weighted by Crippen LogP contribution is 2.15. The Morgan fingerprint density at radius 1 is 1.18 bits per heavy atom. The lowest BCUT2D eigenvalue weighted by Crippen LogP contribution is -2.30. The molecule has 22 heavy (non-hydrogen) atoms. The highest BCUT2D eigenvalue weighted by Gasteiger charge is 2.19. The van der Waals surface area contributed by atoms with Crippen LogP contribution in [0.3, 0.4) is 0 Å². The van der Waals surface area contributed by atoms with Gasteiger partial charge in [-0.1, -0.05) is 30.3 Å². The Hall–Kier alpha value is -2.96. The zero-order valence-corrected chi connectivity index (χ0v) is 11.7. The van der Waals surface area contributed by atoms with E-state index >= 15 is 0 Å². The summed E-state index contributed by atoms with van der Waals surface area (Å²) < 4.78 is 5.08. The lowest BCUT2D eigenvalue weighted by Gasteiger charge is -2.16. The van der Waals surface area contributed by atoms with Crippen molar-refractivity contribution in [2.75, 3.05) is 0 Å². The van der Waals surface area contributed by atoms with Crippen molar-refractivity contribution in [1.82, 2.24) is 15.3 Å². The number of rotatable bonds is 6. The van der Waals surface area contributed by atoms with E-state index in [0.29, 0.717) is 5.56 Å². The molecule has 0 aliphatic carbocycles.